The van der Waals surface area contributed by atoms with Gasteiger partial charge in [-0.2, -0.15) is 0 Å². The highest BCUT2D eigenvalue weighted by molar-refractivity contribution is 6.14. The zero-order valence-electron chi connectivity index (χ0n) is 9.18. The zero-order valence-corrected chi connectivity index (χ0v) is 9.18. The summed E-state index contributed by atoms with van der Waals surface area (Å²) in [4.78, 5) is 12.2. The Bertz CT molecular complexity index is 564. The Morgan fingerprint density at radius 3 is 2.12 bits per heavy atom. The Balaban J connectivity index is 2.49. The van der Waals surface area contributed by atoms with E-state index in [1.165, 1.54) is 0 Å². The van der Waals surface area contributed by atoms with Crippen LogP contribution in [0.1, 0.15) is 15.9 Å². The van der Waals surface area contributed by atoms with Crippen LogP contribution in [0.2, 0.25) is 0 Å². The van der Waals surface area contributed by atoms with Crippen molar-refractivity contribution in [2.24, 2.45) is 0 Å². The summed E-state index contributed by atoms with van der Waals surface area (Å²) >= 11 is 0. The molecule has 6 N–H and O–H groups in total. The first-order valence-electron chi connectivity index (χ1n) is 5.14. The van der Waals surface area contributed by atoms with Crippen molar-refractivity contribution in [2.75, 3.05) is 17.2 Å². The summed E-state index contributed by atoms with van der Waals surface area (Å²) in [5, 5.41) is 0. The SMILES string of the molecule is Nc1ccc(C(=O)c2ccccc2)c(N)c1N. The molecule has 86 valence electrons. The highest BCUT2D eigenvalue weighted by atomic mass is 16.1. The lowest BCUT2D eigenvalue weighted by Gasteiger charge is -2.09. The molecule has 0 saturated carbocycles. The quantitative estimate of drug-likeness (QED) is 0.537. The fraction of sp³-hybridized carbons (Fsp3) is 0. The van der Waals surface area contributed by atoms with E-state index < -0.39 is 0 Å². The first kappa shape index (κ1) is 11.0. The monoisotopic (exact) mass is 227 g/mol. The molecule has 2 rings (SSSR count). The van der Waals surface area contributed by atoms with Crippen LogP contribution in [0.3, 0.4) is 0 Å². The topological polar surface area (TPSA) is 95.1 Å². The summed E-state index contributed by atoms with van der Waals surface area (Å²) in [5.74, 6) is -0.158. The van der Waals surface area contributed by atoms with Gasteiger partial charge in [0.25, 0.3) is 0 Å². The van der Waals surface area contributed by atoms with Crippen molar-refractivity contribution in [3.05, 3.63) is 53.6 Å². The van der Waals surface area contributed by atoms with Gasteiger partial charge in [-0.1, -0.05) is 30.3 Å². The highest BCUT2D eigenvalue weighted by Gasteiger charge is 2.14. The summed E-state index contributed by atoms with van der Waals surface area (Å²) in [6, 6.07) is 12.1. The minimum Gasteiger partial charge on any atom is -0.397 e. The fourth-order valence-corrected chi connectivity index (χ4v) is 1.60. The third-order valence-electron chi connectivity index (χ3n) is 2.60. The van der Waals surface area contributed by atoms with Gasteiger partial charge in [0.05, 0.1) is 17.1 Å². The van der Waals surface area contributed by atoms with Gasteiger partial charge in [-0.15, -0.1) is 0 Å². The molecule has 17 heavy (non-hydrogen) atoms. The number of ketones is 1. The van der Waals surface area contributed by atoms with Gasteiger partial charge in [0.2, 0.25) is 0 Å². The molecule has 0 spiro atoms. The molecule has 2 aromatic rings. The van der Waals surface area contributed by atoms with Crippen LogP contribution in [0.25, 0.3) is 0 Å². The molecule has 0 aromatic heterocycles. The molecule has 0 fully saturated rings. The third-order valence-corrected chi connectivity index (χ3v) is 2.60. The van der Waals surface area contributed by atoms with Crippen molar-refractivity contribution in [1.29, 1.82) is 0 Å². The molecule has 2 aromatic carbocycles. The molecule has 4 nitrogen and oxygen atoms in total. The highest BCUT2D eigenvalue weighted by Crippen LogP contribution is 2.27. The fourth-order valence-electron chi connectivity index (χ4n) is 1.60. The van der Waals surface area contributed by atoms with Crippen molar-refractivity contribution in [2.45, 2.75) is 0 Å². The number of nitrogens with two attached hydrogens (primary N) is 3. The van der Waals surface area contributed by atoms with Crippen LogP contribution in [-0.2, 0) is 0 Å². The van der Waals surface area contributed by atoms with E-state index in [4.69, 9.17) is 17.2 Å². The number of carbonyl (C=O) groups excluding carboxylic acids is 1. The van der Waals surface area contributed by atoms with Crippen LogP contribution in [0, 0.1) is 0 Å². The molecule has 0 radical (unpaired) electrons. The van der Waals surface area contributed by atoms with Crippen molar-refractivity contribution in [3.8, 4) is 0 Å². The third kappa shape index (κ3) is 1.92. The Morgan fingerprint density at radius 1 is 0.824 bits per heavy atom. The second-order valence-corrected chi connectivity index (χ2v) is 3.72. The molecular weight excluding hydrogens is 214 g/mol. The molecule has 0 saturated heterocycles. The predicted molar refractivity (Wildman–Crippen MR) is 69.6 cm³/mol. The summed E-state index contributed by atoms with van der Waals surface area (Å²) in [5.41, 5.74) is 18.9. The predicted octanol–water partition coefficient (Wildman–Crippen LogP) is 1.66. The van der Waals surface area contributed by atoms with E-state index in [-0.39, 0.29) is 17.2 Å². The normalized spacial score (nSPS) is 10.1. The van der Waals surface area contributed by atoms with Crippen LogP contribution >= 0.6 is 0 Å². The molecule has 0 aliphatic rings. The molecule has 0 heterocycles. The smallest absolute Gasteiger partial charge is 0.195 e. The minimum absolute atomic E-state index is 0.158. The lowest BCUT2D eigenvalue weighted by molar-refractivity contribution is 0.103. The molecule has 0 aliphatic carbocycles. The maximum Gasteiger partial charge on any atom is 0.195 e. The summed E-state index contributed by atoms with van der Waals surface area (Å²) in [6.45, 7) is 0. The van der Waals surface area contributed by atoms with Gasteiger partial charge in [0.1, 0.15) is 0 Å². The second kappa shape index (κ2) is 4.17. The summed E-state index contributed by atoms with van der Waals surface area (Å²) < 4.78 is 0. The molecule has 0 atom stereocenters. The van der Waals surface area contributed by atoms with Crippen LogP contribution < -0.4 is 17.2 Å². The number of nitrogen functional groups attached to an aromatic ring is 3. The van der Waals surface area contributed by atoms with E-state index in [1.807, 2.05) is 6.07 Å². The Hall–Kier alpha value is -2.49. The average Bonchev–Trinajstić information content (AvgIpc) is 2.36. The maximum atomic E-state index is 12.2. The number of hydrogen-bond acceptors (Lipinski definition) is 4. The zero-order chi connectivity index (χ0) is 12.4. The van der Waals surface area contributed by atoms with Gasteiger partial charge in [-0.3, -0.25) is 4.79 Å². The number of hydrogen-bond donors (Lipinski definition) is 3. The van der Waals surface area contributed by atoms with E-state index in [0.717, 1.165) is 0 Å². The summed E-state index contributed by atoms with van der Waals surface area (Å²) in [6.07, 6.45) is 0. The molecule has 0 bridgehead atoms. The maximum absolute atomic E-state index is 12.2. The summed E-state index contributed by atoms with van der Waals surface area (Å²) in [7, 11) is 0. The molecule has 0 unspecified atom stereocenters. The van der Waals surface area contributed by atoms with Crippen molar-refractivity contribution < 1.29 is 4.79 Å². The number of carbonyl (C=O) groups is 1. The first-order valence-corrected chi connectivity index (χ1v) is 5.14. The van der Waals surface area contributed by atoms with Gasteiger partial charge in [-0.05, 0) is 12.1 Å². The Morgan fingerprint density at radius 2 is 1.47 bits per heavy atom. The van der Waals surface area contributed by atoms with E-state index in [0.29, 0.717) is 16.8 Å². The lowest BCUT2D eigenvalue weighted by atomic mass is 10.0. The van der Waals surface area contributed by atoms with E-state index in [9.17, 15) is 4.79 Å². The largest absolute Gasteiger partial charge is 0.397 e. The van der Waals surface area contributed by atoms with Crippen LogP contribution in [0.4, 0.5) is 17.1 Å². The first-order chi connectivity index (χ1) is 8.11. The van der Waals surface area contributed by atoms with Crippen LogP contribution in [0.5, 0.6) is 0 Å². The van der Waals surface area contributed by atoms with Gasteiger partial charge >= 0.3 is 0 Å². The van der Waals surface area contributed by atoms with Crippen molar-refractivity contribution in [3.63, 3.8) is 0 Å². The minimum atomic E-state index is -0.158. The van der Waals surface area contributed by atoms with E-state index in [2.05, 4.69) is 0 Å². The average molecular weight is 227 g/mol. The second-order valence-electron chi connectivity index (χ2n) is 3.72. The number of benzene rings is 2. The molecule has 4 heteroatoms. The van der Waals surface area contributed by atoms with Gasteiger partial charge in [-0.25, -0.2) is 0 Å². The van der Waals surface area contributed by atoms with Crippen LogP contribution in [-0.4, -0.2) is 5.78 Å². The van der Waals surface area contributed by atoms with Crippen molar-refractivity contribution >= 4 is 22.8 Å². The Kier molecular flexibility index (Phi) is 2.70. The van der Waals surface area contributed by atoms with E-state index in [1.54, 1.807) is 36.4 Å². The number of anilines is 3. The van der Waals surface area contributed by atoms with Gasteiger partial charge in [0.15, 0.2) is 5.78 Å². The number of rotatable bonds is 2. The molecule has 0 amide bonds. The lowest BCUT2D eigenvalue weighted by Crippen LogP contribution is -2.09. The van der Waals surface area contributed by atoms with E-state index >= 15 is 0 Å². The van der Waals surface area contributed by atoms with Crippen molar-refractivity contribution in [1.82, 2.24) is 0 Å². The van der Waals surface area contributed by atoms with Crippen LogP contribution in [0.15, 0.2) is 42.5 Å². The molecule has 0 aliphatic heterocycles. The standard InChI is InChI=1S/C13H13N3O/c14-10-7-6-9(11(15)12(10)16)13(17)8-4-2-1-3-5-8/h1-7H,14-16H2. The van der Waals surface area contributed by atoms with Gasteiger partial charge in [0, 0.05) is 11.1 Å². The van der Waals surface area contributed by atoms with Gasteiger partial charge < -0.3 is 17.2 Å². The molecular formula is C13H13N3O. The Labute approximate surface area is 99.0 Å².